The van der Waals surface area contributed by atoms with Crippen LogP contribution in [0.25, 0.3) is 0 Å². The minimum atomic E-state index is -0.341. The number of fused-ring (bicyclic) bond motifs is 2. The van der Waals surface area contributed by atoms with Gasteiger partial charge in [0, 0.05) is 24.2 Å². The topological polar surface area (TPSA) is 61.4 Å². The van der Waals surface area contributed by atoms with Crippen molar-refractivity contribution in [3.63, 3.8) is 0 Å². The fourth-order valence-electron chi connectivity index (χ4n) is 6.22. The SMILES string of the molecule is CC(C)(C)NC(=O)CN1[C@@H]2CC[C@H]1CC(CNC(=O)C1(c3ccccc3)CCCC1)C2. The second-order valence-electron chi connectivity index (χ2n) is 11.1. The number of carbonyl (C=O) groups is 2. The Morgan fingerprint density at radius 3 is 2.23 bits per heavy atom. The highest BCUT2D eigenvalue weighted by atomic mass is 16.2. The van der Waals surface area contributed by atoms with Crippen LogP contribution in [0.1, 0.15) is 77.7 Å². The molecule has 5 heteroatoms. The van der Waals surface area contributed by atoms with E-state index >= 15 is 0 Å². The molecule has 0 spiro atoms. The molecular weight excluding hydrogens is 386 g/mol. The summed E-state index contributed by atoms with van der Waals surface area (Å²) in [6.45, 7) is 7.36. The summed E-state index contributed by atoms with van der Waals surface area (Å²) >= 11 is 0. The molecule has 0 aromatic heterocycles. The third-order valence-electron chi connectivity index (χ3n) is 7.59. The number of nitrogens with one attached hydrogen (secondary N) is 2. The highest BCUT2D eigenvalue weighted by Gasteiger charge is 2.44. The van der Waals surface area contributed by atoms with Gasteiger partial charge in [-0.15, -0.1) is 0 Å². The van der Waals surface area contributed by atoms with E-state index in [2.05, 4.69) is 27.7 Å². The zero-order chi connectivity index (χ0) is 22.1. The van der Waals surface area contributed by atoms with E-state index in [0.29, 0.717) is 24.5 Å². The Morgan fingerprint density at radius 1 is 1.03 bits per heavy atom. The molecule has 31 heavy (non-hydrogen) atoms. The largest absolute Gasteiger partial charge is 0.355 e. The van der Waals surface area contributed by atoms with Gasteiger partial charge in [-0.3, -0.25) is 14.5 Å². The molecule has 2 saturated heterocycles. The number of piperidine rings is 1. The predicted octanol–water partition coefficient (Wildman–Crippen LogP) is 3.77. The van der Waals surface area contributed by atoms with Crippen LogP contribution in [-0.2, 0) is 15.0 Å². The number of benzene rings is 1. The van der Waals surface area contributed by atoms with Gasteiger partial charge in [0.2, 0.25) is 11.8 Å². The summed E-state index contributed by atoms with van der Waals surface area (Å²) in [7, 11) is 0. The van der Waals surface area contributed by atoms with Crippen molar-refractivity contribution in [2.24, 2.45) is 5.92 Å². The number of carbonyl (C=O) groups excluding carboxylic acids is 2. The maximum atomic E-state index is 13.4. The molecule has 2 amide bonds. The van der Waals surface area contributed by atoms with E-state index in [1.807, 2.05) is 39.0 Å². The number of hydrogen-bond acceptors (Lipinski definition) is 3. The van der Waals surface area contributed by atoms with Gasteiger partial charge in [-0.05, 0) is 70.8 Å². The van der Waals surface area contributed by atoms with E-state index in [4.69, 9.17) is 0 Å². The van der Waals surface area contributed by atoms with Crippen LogP contribution >= 0.6 is 0 Å². The first-order chi connectivity index (χ1) is 14.8. The maximum absolute atomic E-state index is 13.4. The molecule has 2 N–H and O–H groups in total. The highest BCUT2D eigenvalue weighted by Crippen LogP contribution is 2.42. The number of hydrogen-bond donors (Lipinski definition) is 2. The van der Waals surface area contributed by atoms with Crippen LogP contribution in [0.4, 0.5) is 0 Å². The van der Waals surface area contributed by atoms with Crippen LogP contribution in [0.2, 0.25) is 0 Å². The summed E-state index contributed by atoms with van der Waals surface area (Å²) < 4.78 is 0. The molecule has 2 heterocycles. The monoisotopic (exact) mass is 425 g/mol. The summed E-state index contributed by atoms with van der Waals surface area (Å²) in [4.78, 5) is 28.2. The lowest BCUT2D eigenvalue weighted by Gasteiger charge is -2.39. The fourth-order valence-corrected chi connectivity index (χ4v) is 6.22. The quantitative estimate of drug-likeness (QED) is 0.729. The van der Waals surface area contributed by atoms with Gasteiger partial charge in [0.1, 0.15) is 0 Å². The first-order valence-electron chi connectivity index (χ1n) is 12.2. The molecule has 3 fully saturated rings. The molecule has 2 aliphatic heterocycles. The van der Waals surface area contributed by atoms with E-state index in [0.717, 1.165) is 45.1 Å². The van der Waals surface area contributed by atoms with Crippen molar-refractivity contribution < 1.29 is 9.59 Å². The third kappa shape index (κ3) is 4.97. The standard InChI is InChI=1S/C26H39N3O2/c1-25(2,3)28-23(30)18-29-21-11-12-22(29)16-19(15-21)17-27-24(31)26(13-7-8-14-26)20-9-5-4-6-10-20/h4-6,9-10,19,21-22H,7-8,11-18H2,1-3H3,(H,27,31)(H,28,30)/t19?,21-,22+. The average molecular weight is 426 g/mol. The van der Waals surface area contributed by atoms with Crippen LogP contribution in [0.3, 0.4) is 0 Å². The summed E-state index contributed by atoms with van der Waals surface area (Å²) in [6.07, 6.45) is 8.67. The van der Waals surface area contributed by atoms with Gasteiger partial charge < -0.3 is 10.6 Å². The van der Waals surface area contributed by atoms with Crippen molar-refractivity contribution in [2.75, 3.05) is 13.1 Å². The average Bonchev–Trinajstić information content (AvgIpc) is 3.29. The third-order valence-corrected chi connectivity index (χ3v) is 7.59. The fraction of sp³-hybridized carbons (Fsp3) is 0.692. The van der Waals surface area contributed by atoms with E-state index in [-0.39, 0.29) is 22.8 Å². The molecule has 3 aliphatic rings. The Labute approximate surface area is 187 Å². The highest BCUT2D eigenvalue weighted by molar-refractivity contribution is 5.88. The Balaban J connectivity index is 1.33. The summed E-state index contributed by atoms with van der Waals surface area (Å²) in [5.41, 5.74) is 0.643. The van der Waals surface area contributed by atoms with Crippen LogP contribution in [0, 0.1) is 5.92 Å². The predicted molar refractivity (Wildman–Crippen MR) is 124 cm³/mol. The molecule has 1 aliphatic carbocycles. The molecule has 4 rings (SSSR count). The van der Waals surface area contributed by atoms with Crippen molar-refractivity contribution in [1.29, 1.82) is 0 Å². The lowest BCUT2D eigenvalue weighted by molar-refractivity contribution is -0.127. The van der Waals surface area contributed by atoms with Gasteiger partial charge >= 0.3 is 0 Å². The molecule has 1 saturated carbocycles. The second-order valence-corrected chi connectivity index (χ2v) is 11.1. The van der Waals surface area contributed by atoms with Crippen molar-refractivity contribution >= 4 is 11.8 Å². The molecule has 170 valence electrons. The zero-order valence-corrected chi connectivity index (χ0v) is 19.5. The number of amides is 2. The normalized spacial score (nSPS) is 27.8. The van der Waals surface area contributed by atoms with Gasteiger partial charge in [0.25, 0.3) is 0 Å². The van der Waals surface area contributed by atoms with Gasteiger partial charge in [0.15, 0.2) is 0 Å². The lowest BCUT2D eigenvalue weighted by atomic mass is 9.77. The maximum Gasteiger partial charge on any atom is 0.234 e. The first-order valence-corrected chi connectivity index (χ1v) is 12.2. The zero-order valence-electron chi connectivity index (χ0n) is 19.5. The van der Waals surface area contributed by atoms with E-state index in [1.54, 1.807) is 0 Å². The smallest absolute Gasteiger partial charge is 0.234 e. The Bertz CT molecular complexity index is 766. The Hall–Kier alpha value is -1.88. The second kappa shape index (κ2) is 8.93. The van der Waals surface area contributed by atoms with Gasteiger partial charge in [0.05, 0.1) is 12.0 Å². The molecule has 1 unspecified atom stereocenters. The molecule has 1 aromatic carbocycles. The molecular formula is C26H39N3O2. The van der Waals surface area contributed by atoms with Crippen molar-refractivity contribution in [1.82, 2.24) is 15.5 Å². The molecule has 5 nitrogen and oxygen atoms in total. The van der Waals surface area contributed by atoms with Crippen LogP contribution in [-0.4, -0.2) is 47.4 Å². The Kier molecular flexibility index (Phi) is 6.43. The van der Waals surface area contributed by atoms with E-state index in [9.17, 15) is 9.59 Å². The van der Waals surface area contributed by atoms with Crippen molar-refractivity contribution in [2.45, 2.75) is 95.2 Å². The molecule has 1 aromatic rings. The molecule has 2 bridgehead atoms. The lowest BCUT2D eigenvalue weighted by Crippen LogP contribution is -2.52. The Morgan fingerprint density at radius 2 is 1.65 bits per heavy atom. The summed E-state index contributed by atoms with van der Waals surface area (Å²) in [6, 6.07) is 11.3. The number of rotatable bonds is 6. The molecule has 3 atom stereocenters. The van der Waals surface area contributed by atoms with E-state index < -0.39 is 0 Å². The van der Waals surface area contributed by atoms with Gasteiger partial charge in [-0.1, -0.05) is 43.2 Å². The summed E-state index contributed by atoms with van der Waals surface area (Å²) in [5.74, 6) is 0.857. The first kappa shape index (κ1) is 22.3. The van der Waals surface area contributed by atoms with Gasteiger partial charge in [-0.2, -0.15) is 0 Å². The van der Waals surface area contributed by atoms with E-state index in [1.165, 1.54) is 18.4 Å². The van der Waals surface area contributed by atoms with Crippen LogP contribution in [0.5, 0.6) is 0 Å². The number of nitrogens with zero attached hydrogens (tertiary/aromatic N) is 1. The van der Waals surface area contributed by atoms with Crippen LogP contribution < -0.4 is 10.6 Å². The van der Waals surface area contributed by atoms with Crippen molar-refractivity contribution in [3.05, 3.63) is 35.9 Å². The minimum absolute atomic E-state index is 0.127. The van der Waals surface area contributed by atoms with Gasteiger partial charge in [-0.25, -0.2) is 0 Å². The minimum Gasteiger partial charge on any atom is -0.355 e. The van der Waals surface area contributed by atoms with Crippen molar-refractivity contribution in [3.8, 4) is 0 Å². The van der Waals surface area contributed by atoms with Crippen LogP contribution in [0.15, 0.2) is 30.3 Å². The summed E-state index contributed by atoms with van der Waals surface area (Å²) in [5, 5.41) is 6.45. The molecule has 0 radical (unpaired) electrons.